The molecule has 2 heteroatoms. The van der Waals surface area contributed by atoms with Crippen molar-refractivity contribution in [2.24, 2.45) is 0 Å². The summed E-state index contributed by atoms with van der Waals surface area (Å²) in [6.45, 7) is 0. The molecule has 0 aliphatic carbocycles. The van der Waals surface area contributed by atoms with Gasteiger partial charge in [0.15, 0.2) is 0 Å². The second kappa shape index (κ2) is 6.86. The maximum atomic E-state index is 12.2. The van der Waals surface area contributed by atoms with Crippen LogP contribution in [0.1, 0.15) is 20.8 Å². The highest BCUT2D eigenvalue weighted by Gasteiger charge is 2.05. The second-order valence-electron chi connectivity index (χ2n) is 4.74. The van der Waals surface area contributed by atoms with Gasteiger partial charge in [0, 0.05) is 11.6 Å². The summed E-state index contributed by atoms with van der Waals surface area (Å²) < 4.78 is 0. The van der Waals surface area contributed by atoms with E-state index in [4.69, 9.17) is 0 Å². The first-order valence-corrected chi connectivity index (χ1v) is 7.88. The molecule has 3 aromatic rings. The Labute approximate surface area is 133 Å². The molecule has 0 aliphatic heterocycles. The Morgan fingerprint density at radius 3 is 1.91 bits per heavy atom. The molecule has 0 amide bonds. The summed E-state index contributed by atoms with van der Waals surface area (Å²) in [5.41, 5.74) is 6.20. The van der Waals surface area contributed by atoms with Gasteiger partial charge in [-0.1, -0.05) is 66.7 Å². The van der Waals surface area contributed by atoms with Crippen molar-refractivity contribution in [3.63, 3.8) is 0 Å². The lowest BCUT2D eigenvalue weighted by atomic mass is 9.98. The standard InChI is InChI=1S/C20H14OS/c21-19(20-12-7-15-22-20)14-13-18(16-8-3-1-4-9-16)17-10-5-2-6-11-17/h1-12,14-15H. The van der Waals surface area contributed by atoms with Gasteiger partial charge in [-0.3, -0.25) is 4.79 Å². The normalized spacial score (nSPS) is 9.82. The number of benzene rings is 2. The van der Waals surface area contributed by atoms with Crippen molar-refractivity contribution in [1.29, 1.82) is 0 Å². The topological polar surface area (TPSA) is 17.1 Å². The molecule has 0 radical (unpaired) electrons. The van der Waals surface area contributed by atoms with E-state index in [1.165, 1.54) is 17.4 Å². The summed E-state index contributed by atoms with van der Waals surface area (Å²) >= 11 is 1.44. The number of allylic oxidation sites excluding steroid dienone is 1. The summed E-state index contributed by atoms with van der Waals surface area (Å²) in [6, 6.07) is 23.7. The lowest BCUT2D eigenvalue weighted by Crippen LogP contribution is -1.90. The number of ketones is 1. The Kier molecular flexibility index (Phi) is 4.45. The lowest BCUT2D eigenvalue weighted by Gasteiger charge is -2.05. The number of thiophene rings is 1. The predicted molar refractivity (Wildman–Crippen MR) is 92.1 cm³/mol. The van der Waals surface area contributed by atoms with Crippen LogP contribution in [0.2, 0.25) is 0 Å². The van der Waals surface area contributed by atoms with Crippen LogP contribution in [0.5, 0.6) is 0 Å². The van der Waals surface area contributed by atoms with E-state index in [2.05, 4.69) is 5.73 Å². The van der Waals surface area contributed by atoms with Crippen molar-refractivity contribution in [1.82, 2.24) is 0 Å². The van der Waals surface area contributed by atoms with E-state index in [1.54, 1.807) is 0 Å². The molecule has 0 unspecified atom stereocenters. The zero-order valence-electron chi connectivity index (χ0n) is 11.9. The number of rotatable bonds is 4. The van der Waals surface area contributed by atoms with Crippen LogP contribution in [-0.4, -0.2) is 5.78 Å². The Bertz CT molecular complexity index is 767. The first kappa shape index (κ1) is 14.3. The first-order chi connectivity index (χ1) is 10.8. The van der Waals surface area contributed by atoms with Crippen LogP contribution in [0.15, 0.2) is 90.0 Å². The molecule has 0 atom stereocenters. The molecular formula is C20H14OS. The van der Waals surface area contributed by atoms with Gasteiger partial charge in [0.1, 0.15) is 0 Å². The molecule has 0 N–H and O–H groups in total. The highest BCUT2D eigenvalue weighted by atomic mass is 32.1. The number of carbonyl (C=O) groups excluding carboxylic acids is 1. The van der Waals surface area contributed by atoms with Crippen molar-refractivity contribution in [2.75, 3.05) is 0 Å². The van der Waals surface area contributed by atoms with E-state index < -0.39 is 0 Å². The molecule has 1 heterocycles. The number of hydrogen-bond acceptors (Lipinski definition) is 2. The van der Waals surface area contributed by atoms with Crippen LogP contribution in [-0.2, 0) is 0 Å². The minimum atomic E-state index is -0.0145. The van der Waals surface area contributed by atoms with Crippen LogP contribution in [0.25, 0.3) is 5.57 Å². The molecule has 0 fully saturated rings. The molecule has 106 valence electrons. The summed E-state index contributed by atoms with van der Waals surface area (Å²) in [5.74, 6) is -0.0145. The van der Waals surface area contributed by atoms with E-state index in [-0.39, 0.29) is 5.78 Å². The average Bonchev–Trinajstić information content (AvgIpc) is 3.11. The highest BCUT2D eigenvalue weighted by Crippen LogP contribution is 2.22. The van der Waals surface area contributed by atoms with Gasteiger partial charge in [-0.25, -0.2) is 0 Å². The third-order valence-electron chi connectivity index (χ3n) is 3.24. The molecule has 3 rings (SSSR count). The van der Waals surface area contributed by atoms with Gasteiger partial charge in [0.2, 0.25) is 5.78 Å². The first-order valence-electron chi connectivity index (χ1n) is 7.00. The Balaban J connectivity index is 2.06. The Morgan fingerprint density at radius 2 is 1.41 bits per heavy atom. The van der Waals surface area contributed by atoms with Gasteiger partial charge in [0.05, 0.1) is 4.88 Å². The van der Waals surface area contributed by atoms with Crippen molar-refractivity contribution < 1.29 is 4.79 Å². The fraction of sp³-hybridized carbons (Fsp3) is 0. The van der Waals surface area contributed by atoms with E-state index in [1.807, 2.05) is 78.2 Å². The largest absolute Gasteiger partial charge is 0.288 e. The molecule has 0 saturated carbocycles. The third kappa shape index (κ3) is 3.32. The van der Waals surface area contributed by atoms with Crippen LogP contribution in [0.4, 0.5) is 0 Å². The summed E-state index contributed by atoms with van der Waals surface area (Å²) in [6.07, 6.45) is 1.53. The number of carbonyl (C=O) groups is 1. The zero-order valence-corrected chi connectivity index (χ0v) is 12.7. The minimum Gasteiger partial charge on any atom is -0.288 e. The van der Waals surface area contributed by atoms with Crippen LogP contribution < -0.4 is 0 Å². The SMILES string of the molecule is O=C(C=C=C(c1ccccc1)c1ccccc1)c1cccs1. The van der Waals surface area contributed by atoms with Crippen molar-refractivity contribution >= 4 is 22.7 Å². The van der Waals surface area contributed by atoms with Gasteiger partial charge in [0.25, 0.3) is 0 Å². The lowest BCUT2D eigenvalue weighted by molar-refractivity contribution is 0.105. The summed E-state index contributed by atoms with van der Waals surface area (Å²) in [4.78, 5) is 12.9. The van der Waals surface area contributed by atoms with Crippen LogP contribution >= 0.6 is 11.3 Å². The molecule has 1 aromatic heterocycles. The van der Waals surface area contributed by atoms with Crippen LogP contribution in [0.3, 0.4) is 0 Å². The molecule has 0 saturated heterocycles. The van der Waals surface area contributed by atoms with Gasteiger partial charge < -0.3 is 0 Å². The summed E-state index contributed by atoms with van der Waals surface area (Å²) in [7, 11) is 0. The second-order valence-corrected chi connectivity index (χ2v) is 5.68. The molecule has 22 heavy (non-hydrogen) atoms. The van der Waals surface area contributed by atoms with Gasteiger partial charge in [-0.2, -0.15) is 0 Å². The van der Waals surface area contributed by atoms with Crippen molar-refractivity contribution in [3.05, 3.63) is 106 Å². The Hall–Kier alpha value is -2.67. The van der Waals surface area contributed by atoms with Gasteiger partial charge >= 0.3 is 0 Å². The molecule has 0 aliphatic rings. The van der Waals surface area contributed by atoms with Gasteiger partial charge in [-0.05, 0) is 22.6 Å². The Morgan fingerprint density at radius 1 is 0.818 bits per heavy atom. The monoisotopic (exact) mass is 302 g/mol. The molecular weight excluding hydrogens is 288 g/mol. The fourth-order valence-corrected chi connectivity index (χ4v) is 2.81. The quantitative estimate of drug-likeness (QED) is 0.367. The average molecular weight is 302 g/mol. The van der Waals surface area contributed by atoms with E-state index in [9.17, 15) is 4.79 Å². The van der Waals surface area contributed by atoms with E-state index in [0.29, 0.717) is 0 Å². The smallest absolute Gasteiger partial charge is 0.203 e. The maximum Gasteiger partial charge on any atom is 0.203 e. The zero-order chi connectivity index (χ0) is 15.2. The third-order valence-corrected chi connectivity index (χ3v) is 4.12. The minimum absolute atomic E-state index is 0.0145. The van der Waals surface area contributed by atoms with E-state index in [0.717, 1.165) is 21.6 Å². The molecule has 0 bridgehead atoms. The maximum absolute atomic E-state index is 12.2. The van der Waals surface area contributed by atoms with Gasteiger partial charge in [-0.15, -0.1) is 17.1 Å². The van der Waals surface area contributed by atoms with Crippen LogP contribution in [0, 0.1) is 0 Å². The number of hydrogen-bond donors (Lipinski definition) is 0. The predicted octanol–water partition coefficient (Wildman–Crippen LogP) is 5.22. The molecule has 2 aromatic carbocycles. The van der Waals surface area contributed by atoms with Crippen molar-refractivity contribution in [3.8, 4) is 0 Å². The molecule has 0 spiro atoms. The summed E-state index contributed by atoms with van der Waals surface area (Å²) in [5, 5.41) is 1.90. The fourth-order valence-electron chi connectivity index (χ4n) is 2.17. The van der Waals surface area contributed by atoms with Crippen molar-refractivity contribution in [2.45, 2.75) is 0 Å². The highest BCUT2D eigenvalue weighted by molar-refractivity contribution is 7.12. The van der Waals surface area contributed by atoms with E-state index >= 15 is 0 Å². The molecule has 1 nitrogen and oxygen atoms in total.